The van der Waals surface area contributed by atoms with Crippen LogP contribution < -0.4 is 5.32 Å². The highest BCUT2D eigenvalue weighted by atomic mass is 16.2. The smallest absolute Gasteiger partial charge is 0.251 e. The van der Waals surface area contributed by atoms with Crippen LogP contribution in [0, 0.1) is 0 Å². The zero-order chi connectivity index (χ0) is 18.0. The maximum Gasteiger partial charge on any atom is 0.251 e. The summed E-state index contributed by atoms with van der Waals surface area (Å²) in [4.78, 5) is 30.4. The number of benzene rings is 1. The lowest BCUT2D eigenvalue weighted by molar-refractivity contribution is -0.130. The van der Waals surface area contributed by atoms with E-state index in [-0.39, 0.29) is 23.8 Å². The normalized spacial score (nSPS) is 13.5. The van der Waals surface area contributed by atoms with Crippen molar-refractivity contribution in [3.63, 3.8) is 0 Å². The molecule has 0 atom stereocenters. The quantitative estimate of drug-likeness (QED) is 0.936. The summed E-state index contributed by atoms with van der Waals surface area (Å²) in [5.74, 6) is -0.317. The molecule has 1 aromatic carbocycles. The maximum absolute atomic E-state index is 12.3. The van der Waals surface area contributed by atoms with Crippen molar-refractivity contribution in [2.45, 2.75) is 39.3 Å². The van der Waals surface area contributed by atoms with Crippen molar-refractivity contribution in [2.75, 3.05) is 6.54 Å². The van der Waals surface area contributed by atoms with Crippen molar-refractivity contribution in [2.24, 2.45) is 0 Å². The number of pyridine rings is 1. The maximum atomic E-state index is 12.3. The van der Waals surface area contributed by atoms with Gasteiger partial charge in [0.05, 0.1) is 6.54 Å². The van der Waals surface area contributed by atoms with Crippen LogP contribution in [0.1, 0.15) is 47.8 Å². The van der Waals surface area contributed by atoms with E-state index < -0.39 is 0 Å². The standard InChI is InChI=1S/C20H23N3O2/c1-20(2,3)17-6-4-14(5-7-17)19(25)22-11-18(24)23-12-15-8-9-21-10-16(15)13-23/h4-10H,11-13H2,1-3H3,(H,22,25). The van der Waals surface area contributed by atoms with Gasteiger partial charge in [0.25, 0.3) is 5.91 Å². The topological polar surface area (TPSA) is 62.3 Å². The van der Waals surface area contributed by atoms with Crippen LogP contribution in [0.3, 0.4) is 0 Å². The van der Waals surface area contributed by atoms with Crippen molar-refractivity contribution in [1.82, 2.24) is 15.2 Å². The largest absolute Gasteiger partial charge is 0.343 e. The Morgan fingerprint density at radius 2 is 1.76 bits per heavy atom. The summed E-state index contributed by atoms with van der Waals surface area (Å²) >= 11 is 0. The summed E-state index contributed by atoms with van der Waals surface area (Å²) < 4.78 is 0. The molecule has 0 bridgehead atoms. The molecule has 2 aromatic rings. The van der Waals surface area contributed by atoms with E-state index in [1.807, 2.05) is 18.2 Å². The summed E-state index contributed by atoms with van der Waals surface area (Å²) in [7, 11) is 0. The minimum absolute atomic E-state index is 0.00126. The van der Waals surface area contributed by atoms with E-state index >= 15 is 0 Å². The van der Waals surface area contributed by atoms with Crippen molar-refractivity contribution in [3.8, 4) is 0 Å². The van der Waals surface area contributed by atoms with Gasteiger partial charge in [-0.25, -0.2) is 0 Å². The Bertz CT molecular complexity index is 766. The SMILES string of the molecule is CC(C)(C)c1ccc(C(=O)NCC(=O)N2Cc3ccncc3C2)cc1. The fourth-order valence-corrected chi connectivity index (χ4v) is 2.89. The molecular weight excluding hydrogens is 314 g/mol. The zero-order valence-corrected chi connectivity index (χ0v) is 14.9. The molecule has 0 saturated carbocycles. The molecule has 1 aliphatic rings. The van der Waals surface area contributed by atoms with Crippen LogP contribution >= 0.6 is 0 Å². The minimum Gasteiger partial charge on any atom is -0.343 e. The van der Waals surface area contributed by atoms with E-state index in [1.165, 1.54) is 5.56 Å². The van der Waals surface area contributed by atoms with Crippen molar-refractivity contribution in [3.05, 3.63) is 65.0 Å². The van der Waals surface area contributed by atoms with Crippen molar-refractivity contribution < 1.29 is 9.59 Å². The van der Waals surface area contributed by atoms with Crippen LogP contribution in [-0.2, 0) is 23.3 Å². The molecule has 0 saturated heterocycles. The highest BCUT2D eigenvalue weighted by Crippen LogP contribution is 2.22. The Labute approximate surface area is 148 Å². The second-order valence-corrected chi connectivity index (χ2v) is 7.40. The van der Waals surface area contributed by atoms with Crippen molar-refractivity contribution in [1.29, 1.82) is 0 Å². The van der Waals surface area contributed by atoms with Gasteiger partial charge in [-0.2, -0.15) is 0 Å². The lowest BCUT2D eigenvalue weighted by Crippen LogP contribution is -2.37. The lowest BCUT2D eigenvalue weighted by Gasteiger charge is -2.19. The average molecular weight is 337 g/mol. The fraction of sp³-hybridized carbons (Fsp3) is 0.350. The molecule has 1 aliphatic heterocycles. The molecule has 0 unspecified atom stereocenters. The molecule has 1 N–H and O–H groups in total. The van der Waals surface area contributed by atoms with Gasteiger partial charge in [0, 0.05) is 31.0 Å². The number of carbonyl (C=O) groups excluding carboxylic acids is 2. The van der Waals surface area contributed by atoms with Gasteiger partial charge in [-0.3, -0.25) is 14.6 Å². The second-order valence-electron chi connectivity index (χ2n) is 7.40. The van der Waals surface area contributed by atoms with Crippen molar-refractivity contribution >= 4 is 11.8 Å². The molecule has 0 fully saturated rings. The molecule has 1 aromatic heterocycles. The highest BCUT2D eigenvalue weighted by Gasteiger charge is 2.23. The van der Waals surface area contributed by atoms with Crippen LogP contribution in [0.4, 0.5) is 0 Å². The molecule has 5 heteroatoms. The van der Waals surface area contributed by atoms with Crippen LogP contribution in [0.2, 0.25) is 0 Å². The first kappa shape index (κ1) is 17.1. The van der Waals surface area contributed by atoms with Crippen LogP contribution in [0.25, 0.3) is 0 Å². The van der Waals surface area contributed by atoms with Gasteiger partial charge in [0.1, 0.15) is 0 Å². The van der Waals surface area contributed by atoms with E-state index in [0.29, 0.717) is 18.7 Å². The van der Waals surface area contributed by atoms with E-state index in [4.69, 9.17) is 0 Å². The number of carbonyl (C=O) groups is 2. The third-order valence-electron chi connectivity index (χ3n) is 4.49. The van der Waals surface area contributed by atoms with E-state index in [2.05, 4.69) is 31.1 Å². The van der Waals surface area contributed by atoms with E-state index in [0.717, 1.165) is 11.1 Å². The number of nitrogens with zero attached hydrogens (tertiary/aromatic N) is 2. The van der Waals surface area contributed by atoms with E-state index in [1.54, 1.807) is 29.4 Å². The number of fused-ring (bicyclic) bond motifs is 1. The Kier molecular flexibility index (Phi) is 4.57. The number of nitrogens with one attached hydrogen (secondary N) is 1. The van der Waals surface area contributed by atoms with E-state index in [9.17, 15) is 9.59 Å². The van der Waals surface area contributed by atoms with Gasteiger partial charge in [0.2, 0.25) is 5.91 Å². The summed E-state index contributed by atoms with van der Waals surface area (Å²) in [5.41, 5.74) is 3.97. The first-order chi connectivity index (χ1) is 11.8. The molecule has 3 rings (SSSR count). The molecule has 0 radical (unpaired) electrons. The molecule has 5 nitrogen and oxygen atoms in total. The highest BCUT2D eigenvalue weighted by molar-refractivity contribution is 5.96. The number of hydrogen-bond acceptors (Lipinski definition) is 3. The third-order valence-corrected chi connectivity index (χ3v) is 4.49. The first-order valence-corrected chi connectivity index (χ1v) is 8.43. The molecule has 0 spiro atoms. The summed E-state index contributed by atoms with van der Waals surface area (Å²) in [6.45, 7) is 7.52. The molecule has 2 heterocycles. The zero-order valence-electron chi connectivity index (χ0n) is 14.9. The Hall–Kier alpha value is -2.69. The molecule has 0 aliphatic carbocycles. The van der Waals surface area contributed by atoms with Gasteiger partial charge in [0.15, 0.2) is 0 Å². The summed E-state index contributed by atoms with van der Waals surface area (Å²) in [5, 5.41) is 2.71. The Balaban J connectivity index is 1.55. The van der Waals surface area contributed by atoms with Gasteiger partial charge in [-0.05, 0) is 40.3 Å². The number of hydrogen-bond donors (Lipinski definition) is 1. The number of amides is 2. The average Bonchev–Trinajstić information content (AvgIpc) is 3.03. The van der Waals surface area contributed by atoms with Gasteiger partial charge >= 0.3 is 0 Å². The third kappa shape index (κ3) is 3.87. The van der Waals surface area contributed by atoms with Gasteiger partial charge in [-0.1, -0.05) is 32.9 Å². The second kappa shape index (κ2) is 6.67. The van der Waals surface area contributed by atoms with Gasteiger partial charge in [-0.15, -0.1) is 0 Å². The molecule has 2 amide bonds. The number of aromatic nitrogens is 1. The summed E-state index contributed by atoms with van der Waals surface area (Å²) in [6, 6.07) is 9.45. The fourth-order valence-electron chi connectivity index (χ4n) is 2.89. The molecule has 25 heavy (non-hydrogen) atoms. The Morgan fingerprint density at radius 1 is 1.08 bits per heavy atom. The van der Waals surface area contributed by atoms with Crippen LogP contribution in [0.15, 0.2) is 42.7 Å². The molecule has 130 valence electrons. The predicted octanol–water partition coefficient (Wildman–Crippen LogP) is 2.65. The predicted molar refractivity (Wildman–Crippen MR) is 96.0 cm³/mol. The van der Waals surface area contributed by atoms with Gasteiger partial charge < -0.3 is 10.2 Å². The molecular formula is C20H23N3O2. The first-order valence-electron chi connectivity index (χ1n) is 8.43. The van der Waals surface area contributed by atoms with Crippen LogP contribution in [-0.4, -0.2) is 28.2 Å². The Morgan fingerprint density at radius 3 is 2.40 bits per heavy atom. The monoisotopic (exact) mass is 337 g/mol. The summed E-state index contributed by atoms with van der Waals surface area (Å²) in [6.07, 6.45) is 3.52. The minimum atomic E-state index is -0.229. The van der Waals surface area contributed by atoms with Crippen LogP contribution in [0.5, 0.6) is 0 Å². The number of rotatable bonds is 3. The lowest BCUT2D eigenvalue weighted by atomic mass is 9.87.